The molecule has 0 spiro atoms. The van der Waals surface area contributed by atoms with Crippen LogP contribution in [0.25, 0.3) is 10.8 Å². The Morgan fingerprint density at radius 1 is 0.826 bits per heavy atom. The number of nitrogens with zero attached hydrogens (tertiary/aromatic N) is 1. The van der Waals surface area contributed by atoms with Crippen LogP contribution in [0.15, 0.2) is 54.6 Å². The number of phenolic OH excluding ortho intramolecular Hbond substituents is 3. The van der Waals surface area contributed by atoms with Gasteiger partial charge in [-0.25, -0.2) is 0 Å². The highest BCUT2D eigenvalue weighted by Crippen LogP contribution is 2.29. The maximum atomic E-state index is 10.2. The van der Waals surface area contributed by atoms with Gasteiger partial charge in [0.15, 0.2) is 0 Å². The summed E-state index contributed by atoms with van der Waals surface area (Å²) in [6, 6.07) is 16.1. The summed E-state index contributed by atoms with van der Waals surface area (Å²) >= 11 is 0. The molecule has 4 heteroatoms. The van der Waals surface area contributed by atoms with Crippen molar-refractivity contribution in [2.45, 2.75) is 13.1 Å². The second-order valence-corrected chi connectivity index (χ2v) is 5.77. The van der Waals surface area contributed by atoms with Gasteiger partial charge in [-0.05, 0) is 30.0 Å². The number of fused-ring (bicyclic) bond motifs is 1. The van der Waals surface area contributed by atoms with Gasteiger partial charge in [-0.15, -0.1) is 0 Å². The van der Waals surface area contributed by atoms with Gasteiger partial charge in [0.25, 0.3) is 0 Å². The lowest BCUT2D eigenvalue weighted by atomic mass is 10.0. The molecule has 0 aliphatic carbocycles. The third-order valence-corrected chi connectivity index (χ3v) is 3.95. The lowest BCUT2D eigenvalue weighted by molar-refractivity contribution is 0.308. The molecule has 3 N–H and O–H groups in total. The first-order valence-electron chi connectivity index (χ1n) is 7.43. The van der Waals surface area contributed by atoms with E-state index >= 15 is 0 Å². The van der Waals surface area contributed by atoms with E-state index in [1.54, 1.807) is 18.2 Å². The zero-order valence-corrected chi connectivity index (χ0v) is 12.9. The molecule has 0 unspecified atom stereocenters. The standard InChI is InChI=1S/C19H19NO3/c1-20(11-14-6-8-15(21)10-19(14)23)12-17-16-5-3-2-4-13(16)7-9-18(17)22/h2-10,21-23H,11-12H2,1H3. The van der Waals surface area contributed by atoms with E-state index in [-0.39, 0.29) is 17.2 Å². The molecule has 23 heavy (non-hydrogen) atoms. The van der Waals surface area contributed by atoms with Gasteiger partial charge in [0, 0.05) is 30.3 Å². The first-order valence-corrected chi connectivity index (χ1v) is 7.43. The average molecular weight is 309 g/mol. The van der Waals surface area contributed by atoms with Gasteiger partial charge in [0.2, 0.25) is 0 Å². The lowest BCUT2D eigenvalue weighted by Crippen LogP contribution is -2.17. The molecule has 0 fully saturated rings. The van der Waals surface area contributed by atoms with Crippen molar-refractivity contribution in [2.24, 2.45) is 0 Å². The van der Waals surface area contributed by atoms with Crippen LogP contribution in [0.1, 0.15) is 11.1 Å². The largest absolute Gasteiger partial charge is 0.508 e. The van der Waals surface area contributed by atoms with Crippen LogP contribution in [-0.2, 0) is 13.1 Å². The van der Waals surface area contributed by atoms with Crippen LogP contribution in [0, 0.1) is 0 Å². The normalized spacial score (nSPS) is 11.2. The summed E-state index contributed by atoms with van der Waals surface area (Å²) in [6.45, 7) is 1.06. The number of benzene rings is 3. The van der Waals surface area contributed by atoms with Crippen molar-refractivity contribution < 1.29 is 15.3 Å². The predicted octanol–water partition coefficient (Wildman–Crippen LogP) is 3.59. The fourth-order valence-corrected chi connectivity index (χ4v) is 2.79. The molecule has 0 heterocycles. The van der Waals surface area contributed by atoms with Crippen LogP contribution >= 0.6 is 0 Å². The Morgan fingerprint density at radius 2 is 1.61 bits per heavy atom. The molecule has 3 aromatic carbocycles. The first kappa shape index (κ1) is 15.2. The summed E-state index contributed by atoms with van der Waals surface area (Å²) in [5.74, 6) is 0.380. The highest BCUT2D eigenvalue weighted by molar-refractivity contribution is 5.87. The Balaban J connectivity index is 1.85. The Bertz CT molecular complexity index is 845. The maximum absolute atomic E-state index is 10.2. The molecular weight excluding hydrogens is 290 g/mol. The zero-order valence-electron chi connectivity index (χ0n) is 12.9. The van der Waals surface area contributed by atoms with Gasteiger partial charge in [0.05, 0.1) is 0 Å². The molecule has 0 atom stereocenters. The number of aromatic hydroxyl groups is 3. The van der Waals surface area contributed by atoms with Crippen molar-refractivity contribution in [1.82, 2.24) is 4.90 Å². The average Bonchev–Trinajstić information content (AvgIpc) is 2.53. The highest BCUT2D eigenvalue weighted by Gasteiger charge is 2.11. The fourth-order valence-electron chi connectivity index (χ4n) is 2.79. The van der Waals surface area contributed by atoms with E-state index in [4.69, 9.17) is 0 Å². The smallest absolute Gasteiger partial charge is 0.123 e. The van der Waals surface area contributed by atoms with Crippen LogP contribution in [0.2, 0.25) is 0 Å². The SMILES string of the molecule is CN(Cc1ccc(O)cc1O)Cc1c(O)ccc2ccccc12. The van der Waals surface area contributed by atoms with Crippen molar-refractivity contribution in [3.63, 3.8) is 0 Å². The van der Waals surface area contributed by atoms with E-state index in [1.165, 1.54) is 6.07 Å². The molecule has 0 aliphatic rings. The molecule has 3 rings (SSSR count). The van der Waals surface area contributed by atoms with Crippen molar-refractivity contribution >= 4 is 10.8 Å². The van der Waals surface area contributed by atoms with E-state index in [1.807, 2.05) is 42.3 Å². The Kier molecular flexibility index (Phi) is 4.08. The van der Waals surface area contributed by atoms with Gasteiger partial charge >= 0.3 is 0 Å². The van der Waals surface area contributed by atoms with Gasteiger partial charge in [0.1, 0.15) is 17.2 Å². The van der Waals surface area contributed by atoms with Gasteiger partial charge in [-0.1, -0.05) is 36.4 Å². The van der Waals surface area contributed by atoms with Crippen LogP contribution < -0.4 is 0 Å². The van der Waals surface area contributed by atoms with Crippen LogP contribution in [0.4, 0.5) is 0 Å². The van der Waals surface area contributed by atoms with E-state index in [0.29, 0.717) is 13.1 Å². The third-order valence-electron chi connectivity index (χ3n) is 3.95. The topological polar surface area (TPSA) is 63.9 Å². The quantitative estimate of drug-likeness (QED) is 0.689. The van der Waals surface area contributed by atoms with Crippen LogP contribution in [0.5, 0.6) is 17.2 Å². The molecule has 0 aliphatic heterocycles. The fraction of sp³-hybridized carbons (Fsp3) is 0.158. The van der Waals surface area contributed by atoms with Crippen molar-refractivity contribution in [2.75, 3.05) is 7.05 Å². The van der Waals surface area contributed by atoms with E-state index in [0.717, 1.165) is 21.9 Å². The van der Waals surface area contributed by atoms with E-state index in [9.17, 15) is 15.3 Å². The van der Waals surface area contributed by atoms with Crippen LogP contribution in [0.3, 0.4) is 0 Å². The third kappa shape index (κ3) is 3.22. The molecule has 3 aromatic rings. The second kappa shape index (κ2) is 6.18. The summed E-state index contributed by atoms with van der Waals surface area (Å²) in [6.07, 6.45) is 0. The lowest BCUT2D eigenvalue weighted by Gasteiger charge is -2.19. The minimum Gasteiger partial charge on any atom is -0.508 e. The number of hydrogen-bond donors (Lipinski definition) is 3. The monoisotopic (exact) mass is 309 g/mol. The predicted molar refractivity (Wildman–Crippen MR) is 90.6 cm³/mol. The number of hydrogen-bond acceptors (Lipinski definition) is 4. The Labute approximate surface area is 134 Å². The summed E-state index contributed by atoms with van der Waals surface area (Å²) in [5, 5.41) is 31.6. The molecule has 0 saturated carbocycles. The molecule has 118 valence electrons. The van der Waals surface area contributed by atoms with Crippen molar-refractivity contribution in [1.29, 1.82) is 0 Å². The summed E-state index contributed by atoms with van der Waals surface area (Å²) in [7, 11) is 1.92. The molecular formula is C19H19NO3. The van der Waals surface area contributed by atoms with Crippen molar-refractivity contribution in [3.05, 3.63) is 65.7 Å². The minimum absolute atomic E-state index is 0.0422. The zero-order chi connectivity index (χ0) is 16.4. The first-order chi connectivity index (χ1) is 11.0. The molecule has 0 amide bonds. The van der Waals surface area contributed by atoms with Crippen molar-refractivity contribution in [3.8, 4) is 17.2 Å². The minimum atomic E-state index is 0.0422. The molecule has 4 nitrogen and oxygen atoms in total. The molecule has 0 saturated heterocycles. The van der Waals surface area contributed by atoms with Gasteiger partial charge in [-0.2, -0.15) is 0 Å². The van der Waals surface area contributed by atoms with E-state index in [2.05, 4.69) is 0 Å². The summed E-state index contributed by atoms with van der Waals surface area (Å²) in [4.78, 5) is 2.01. The number of rotatable bonds is 4. The van der Waals surface area contributed by atoms with E-state index < -0.39 is 0 Å². The highest BCUT2D eigenvalue weighted by atomic mass is 16.3. The summed E-state index contributed by atoms with van der Waals surface area (Å²) < 4.78 is 0. The van der Waals surface area contributed by atoms with Gasteiger partial charge in [-0.3, -0.25) is 4.90 Å². The second-order valence-electron chi connectivity index (χ2n) is 5.77. The maximum Gasteiger partial charge on any atom is 0.123 e. The molecule has 0 bridgehead atoms. The van der Waals surface area contributed by atoms with Gasteiger partial charge < -0.3 is 15.3 Å². The molecule has 0 aromatic heterocycles. The number of phenols is 3. The Hall–Kier alpha value is -2.72. The Morgan fingerprint density at radius 3 is 2.39 bits per heavy atom. The van der Waals surface area contributed by atoms with Crippen LogP contribution in [-0.4, -0.2) is 27.3 Å². The summed E-state index contributed by atoms with van der Waals surface area (Å²) in [5.41, 5.74) is 1.59. The molecule has 0 radical (unpaired) electrons.